The van der Waals surface area contributed by atoms with Gasteiger partial charge in [-0.05, 0) is 85.3 Å². The van der Waals surface area contributed by atoms with E-state index in [0.29, 0.717) is 0 Å². The topological polar surface area (TPSA) is 53.1 Å². The Bertz CT molecular complexity index is 1110. The lowest BCUT2D eigenvalue weighted by atomic mass is 10.0. The van der Waals surface area contributed by atoms with E-state index in [2.05, 4.69) is 92.4 Å². The van der Waals surface area contributed by atoms with Crippen molar-refractivity contribution < 1.29 is 0 Å². The summed E-state index contributed by atoms with van der Waals surface area (Å²) in [5, 5.41) is 3.69. The van der Waals surface area contributed by atoms with Crippen LogP contribution in [0.5, 0.6) is 0 Å². The number of thioether (sulfide) groups is 1. The average molecular weight is 519 g/mol. The zero-order valence-electron chi connectivity index (χ0n) is 23.6. The number of benzene rings is 1. The van der Waals surface area contributed by atoms with Gasteiger partial charge in [0.1, 0.15) is 5.82 Å². The van der Waals surface area contributed by atoms with Crippen molar-refractivity contribution in [1.82, 2.24) is 15.3 Å². The molecule has 0 aliphatic carbocycles. The number of fused-ring (bicyclic) bond motifs is 1. The van der Waals surface area contributed by atoms with E-state index >= 15 is 0 Å². The van der Waals surface area contributed by atoms with Crippen molar-refractivity contribution in [1.29, 1.82) is 0 Å². The van der Waals surface area contributed by atoms with Gasteiger partial charge in [0.15, 0.2) is 0 Å². The van der Waals surface area contributed by atoms with E-state index in [1.54, 1.807) is 0 Å². The first kappa shape index (κ1) is 29.0. The van der Waals surface area contributed by atoms with Gasteiger partial charge in [0, 0.05) is 24.5 Å². The van der Waals surface area contributed by atoms with Crippen LogP contribution in [0.2, 0.25) is 0 Å². The lowest BCUT2D eigenvalue weighted by Crippen LogP contribution is -2.29. The number of nitrogens with one attached hydrogen (secondary N) is 2. The van der Waals surface area contributed by atoms with Crippen LogP contribution < -0.4 is 5.32 Å². The molecule has 0 fully saturated rings. The van der Waals surface area contributed by atoms with E-state index in [4.69, 9.17) is 4.98 Å². The quantitative estimate of drug-likeness (QED) is 0.194. The van der Waals surface area contributed by atoms with Gasteiger partial charge in [0.25, 0.3) is 0 Å². The highest BCUT2D eigenvalue weighted by Gasteiger charge is 2.19. The van der Waals surface area contributed by atoms with Crippen LogP contribution in [0.3, 0.4) is 0 Å². The lowest BCUT2D eigenvalue weighted by Gasteiger charge is -2.17. The van der Waals surface area contributed by atoms with Crippen molar-refractivity contribution in [3.8, 4) is 0 Å². The minimum absolute atomic E-state index is 0.135. The van der Waals surface area contributed by atoms with Gasteiger partial charge in [-0.3, -0.25) is 4.99 Å². The van der Waals surface area contributed by atoms with Crippen molar-refractivity contribution in [2.24, 2.45) is 4.99 Å². The first-order valence-corrected chi connectivity index (χ1v) is 15.0. The molecule has 0 amide bonds. The number of allylic oxidation sites excluding steroid dienone is 7. The van der Waals surface area contributed by atoms with E-state index in [-0.39, 0.29) is 6.04 Å². The summed E-state index contributed by atoms with van der Waals surface area (Å²) in [7, 11) is 0. The van der Waals surface area contributed by atoms with E-state index in [1.807, 2.05) is 17.8 Å². The summed E-state index contributed by atoms with van der Waals surface area (Å²) in [6.07, 6.45) is 17.4. The number of para-hydroxylation sites is 2. The third-order valence-electron chi connectivity index (χ3n) is 6.55. The minimum atomic E-state index is 0.135. The maximum atomic E-state index is 4.89. The molecule has 1 aliphatic heterocycles. The molecule has 1 aromatic heterocycles. The highest BCUT2D eigenvalue weighted by Crippen LogP contribution is 2.22. The summed E-state index contributed by atoms with van der Waals surface area (Å²) in [4.78, 5) is 13.1. The standard InChI is InChI=1S/C32H46N4S/c1-24(2)11-8-12-26(5)13-9-14-27(19-18-25(3)4)20-22-37-23-30(34-31-17-10-21-33-31)32-35-28-15-6-7-16-29(28)36-32/h6-7,11,13,15-16,18,20,30H,8-10,12,14,17,19,21-23H2,1-5H3,(H,33,34)(H,35,36). The predicted octanol–water partition coefficient (Wildman–Crippen LogP) is 8.87. The molecule has 0 saturated carbocycles. The number of hydrogen-bond acceptors (Lipinski definition) is 4. The van der Waals surface area contributed by atoms with Crippen molar-refractivity contribution in [2.45, 2.75) is 85.6 Å². The lowest BCUT2D eigenvalue weighted by molar-refractivity contribution is 0.680. The van der Waals surface area contributed by atoms with Gasteiger partial charge in [-0.15, -0.1) is 0 Å². The zero-order chi connectivity index (χ0) is 26.5. The van der Waals surface area contributed by atoms with E-state index in [9.17, 15) is 0 Å². The van der Waals surface area contributed by atoms with Crippen LogP contribution >= 0.6 is 11.8 Å². The molecule has 200 valence electrons. The monoisotopic (exact) mass is 518 g/mol. The van der Waals surface area contributed by atoms with Crippen LogP contribution in [-0.2, 0) is 0 Å². The summed E-state index contributed by atoms with van der Waals surface area (Å²) in [5.41, 5.74) is 7.95. The molecule has 2 N–H and O–H groups in total. The molecular weight excluding hydrogens is 472 g/mol. The third kappa shape index (κ3) is 10.8. The fraction of sp³-hybridized carbons (Fsp3) is 0.500. The Labute approximate surface area is 228 Å². The number of nitrogens with zero attached hydrogens (tertiary/aromatic N) is 2. The van der Waals surface area contributed by atoms with Crippen LogP contribution in [0, 0.1) is 0 Å². The Hall–Kier alpha value is -2.53. The van der Waals surface area contributed by atoms with Crippen LogP contribution in [0.25, 0.3) is 11.0 Å². The number of aliphatic imine (C=N–C) groups is 1. The molecule has 4 nitrogen and oxygen atoms in total. The molecule has 0 saturated heterocycles. The molecule has 1 unspecified atom stereocenters. The highest BCUT2D eigenvalue weighted by atomic mass is 32.2. The number of amidine groups is 1. The van der Waals surface area contributed by atoms with E-state index in [0.717, 1.165) is 85.7 Å². The molecule has 37 heavy (non-hydrogen) atoms. The number of hydrogen-bond donors (Lipinski definition) is 2. The Morgan fingerprint density at radius 3 is 2.51 bits per heavy atom. The highest BCUT2D eigenvalue weighted by molar-refractivity contribution is 7.99. The molecule has 2 heterocycles. The van der Waals surface area contributed by atoms with Crippen molar-refractivity contribution in [3.63, 3.8) is 0 Å². The van der Waals surface area contributed by atoms with Crippen LogP contribution in [0.4, 0.5) is 0 Å². The molecule has 0 bridgehead atoms. The van der Waals surface area contributed by atoms with Crippen molar-refractivity contribution >= 4 is 28.6 Å². The van der Waals surface area contributed by atoms with Gasteiger partial charge in [-0.1, -0.05) is 58.7 Å². The second kappa shape index (κ2) is 15.7. The molecule has 1 aromatic carbocycles. The van der Waals surface area contributed by atoms with Crippen LogP contribution in [-0.4, -0.2) is 33.9 Å². The summed E-state index contributed by atoms with van der Waals surface area (Å²) in [5.74, 6) is 4.10. The first-order valence-electron chi connectivity index (χ1n) is 13.8. The van der Waals surface area contributed by atoms with Gasteiger partial charge in [-0.2, -0.15) is 11.8 Å². The normalized spacial score (nSPS) is 15.0. The second-order valence-electron chi connectivity index (χ2n) is 10.6. The van der Waals surface area contributed by atoms with E-state index < -0.39 is 0 Å². The summed E-state index contributed by atoms with van der Waals surface area (Å²) >= 11 is 1.97. The predicted molar refractivity (Wildman–Crippen MR) is 165 cm³/mol. The SMILES string of the molecule is CC(C)=CCCC(C)=CCCC(=CCSCC(NC1=NCCC1)c1nc2ccccc2[nH]1)CC=C(C)C. The maximum Gasteiger partial charge on any atom is 0.130 e. The van der Waals surface area contributed by atoms with Gasteiger partial charge in [0.05, 0.1) is 22.9 Å². The molecule has 0 spiro atoms. The molecule has 3 rings (SSSR count). The summed E-state index contributed by atoms with van der Waals surface area (Å²) in [6.45, 7) is 11.9. The Morgan fingerprint density at radius 2 is 1.78 bits per heavy atom. The Balaban J connectivity index is 1.59. The Morgan fingerprint density at radius 1 is 1.00 bits per heavy atom. The van der Waals surface area contributed by atoms with Crippen molar-refractivity contribution in [3.05, 3.63) is 76.7 Å². The number of rotatable bonds is 14. The van der Waals surface area contributed by atoms with Crippen LogP contribution in [0.1, 0.15) is 91.4 Å². The molecule has 1 aliphatic rings. The number of imidazole rings is 1. The number of aromatic amines is 1. The first-order chi connectivity index (χ1) is 17.9. The Kier molecular flexibility index (Phi) is 12.3. The smallest absolute Gasteiger partial charge is 0.130 e. The third-order valence-corrected chi connectivity index (χ3v) is 7.52. The van der Waals surface area contributed by atoms with Crippen molar-refractivity contribution in [2.75, 3.05) is 18.1 Å². The molecule has 1 atom stereocenters. The fourth-order valence-corrected chi connectivity index (χ4v) is 5.33. The van der Waals surface area contributed by atoms with Crippen LogP contribution in [0.15, 0.2) is 75.9 Å². The molecule has 2 aromatic rings. The summed E-state index contributed by atoms with van der Waals surface area (Å²) in [6, 6.07) is 8.41. The minimum Gasteiger partial charge on any atom is -0.363 e. The molecule has 5 heteroatoms. The number of H-pyrrole nitrogens is 1. The summed E-state index contributed by atoms with van der Waals surface area (Å²) < 4.78 is 0. The molecule has 0 radical (unpaired) electrons. The van der Waals surface area contributed by atoms with Gasteiger partial charge in [-0.25, -0.2) is 4.98 Å². The average Bonchev–Trinajstić information content (AvgIpc) is 3.53. The fourth-order valence-electron chi connectivity index (χ4n) is 4.36. The molecular formula is C32H46N4S. The second-order valence-corrected chi connectivity index (χ2v) is 11.6. The van der Waals surface area contributed by atoms with E-state index in [1.165, 1.54) is 22.3 Å². The number of aromatic nitrogens is 2. The van der Waals surface area contributed by atoms with Gasteiger partial charge < -0.3 is 10.3 Å². The largest absolute Gasteiger partial charge is 0.363 e. The maximum absolute atomic E-state index is 4.89. The van der Waals surface area contributed by atoms with Gasteiger partial charge >= 0.3 is 0 Å². The zero-order valence-corrected chi connectivity index (χ0v) is 24.4. The van der Waals surface area contributed by atoms with Gasteiger partial charge in [0.2, 0.25) is 0 Å².